The standard InChI is InChI=1S/C12H26N2O3S/c1-10(2)12(9-17-3)13-11-5-7-14(8-6-11)18(4,15)16/h10-13H,5-9H2,1-4H3. The Morgan fingerprint density at radius 1 is 1.33 bits per heavy atom. The molecule has 0 amide bonds. The molecule has 0 aromatic carbocycles. The number of methoxy groups -OCH3 is 1. The molecule has 0 spiro atoms. The number of hydrogen-bond acceptors (Lipinski definition) is 4. The van der Waals surface area contributed by atoms with Crippen LogP contribution in [0.15, 0.2) is 0 Å². The van der Waals surface area contributed by atoms with Crippen molar-refractivity contribution in [1.29, 1.82) is 0 Å². The Morgan fingerprint density at radius 2 is 1.89 bits per heavy atom. The Balaban J connectivity index is 2.43. The molecule has 1 unspecified atom stereocenters. The molecule has 1 heterocycles. The largest absolute Gasteiger partial charge is 0.383 e. The lowest BCUT2D eigenvalue weighted by Crippen LogP contribution is -2.50. The SMILES string of the molecule is COCC(NC1CCN(S(C)(=O)=O)CC1)C(C)C. The highest BCUT2D eigenvalue weighted by molar-refractivity contribution is 7.88. The highest BCUT2D eigenvalue weighted by atomic mass is 32.2. The third-order valence-electron chi connectivity index (χ3n) is 3.52. The molecule has 1 aliphatic heterocycles. The summed E-state index contributed by atoms with van der Waals surface area (Å²) in [6, 6.07) is 0.732. The number of ether oxygens (including phenoxy) is 1. The van der Waals surface area contributed by atoms with Crippen LogP contribution in [0.4, 0.5) is 0 Å². The van der Waals surface area contributed by atoms with Gasteiger partial charge in [-0.1, -0.05) is 13.8 Å². The molecule has 1 rings (SSSR count). The van der Waals surface area contributed by atoms with E-state index in [1.807, 2.05) is 0 Å². The Morgan fingerprint density at radius 3 is 2.28 bits per heavy atom. The highest BCUT2D eigenvalue weighted by Gasteiger charge is 2.26. The summed E-state index contributed by atoms with van der Waals surface area (Å²) in [4.78, 5) is 0. The monoisotopic (exact) mass is 278 g/mol. The van der Waals surface area contributed by atoms with Crippen molar-refractivity contribution in [3.63, 3.8) is 0 Å². The van der Waals surface area contributed by atoms with Gasteiger partial charge >= 0.3 is 0 Å². The van der Waals surface area contributed by atoms with Gasteiger partial charge in [0, 0.05) is 32.3 Å². The first-order valence-corrected chi connectivity index (χ1v) is 8.39. The predicted octanol–water partition coefficient (Wildman–Crippen LogP) is 0.671. The first-order valence-electron chi connectivity index (χ1n) is 6.54. The first kappa shape index (κ1) is 15.9. The quantitative estimate of drug-likeness (QED) is 0.776. The van der Waals surface area contributed by atoms with Gasteiger partial charge in [0.2, 0.25) is 10.0 Å². The summed E-state index contributed by atoms with van der Waals surface area (Å²) in [7, 11) is -1.31. The number of nitrogens with zero attached hydrogens (tertiary/aromatic N) is 1. The predicted molar refractivity (Wildman–Crippen MR) is 73.1 cm³/mol. The van der Waals surface area contributed by atoms with E-state index in [1.54, 1.807) is 11.4 Å². The molecule has 1 atom stereocenters. The minimum Gasteiger partial charge on any atom is -0.383 e. The van der Waals surface area contributed by atoms with E-state index in [0.29, 0.717) is 37.7 Å². The zero-order valence-corrected chi connectivity index (χ0v) is 12.7. The number of nitrogens with one attached hydrogen (secondary N) is 1. The third-order valence-corrected chi connectivity index (χ3v) is 4.83. The van der Waals surface area contributed by atoms with Gasteiger partial charge in [-0.05, 0) is 18.8 Å². The molecular weight excluding hydrogens is 252 g/mol. The minimum atomic E-state index is -3.02. The molecule has 1 fully saturated rings. The van der Waals surface area contributed by atoms with E-state index in [9.17, 15) is 8.42 Å². The zero-order valence-electron chi connectivity index (χ0n) is 11.8. The van der Waals surface area contributed by atoms with Gasteiger partial charge < -0.3 is 10.1 Å². The van der Waals surface area contributed by atoms with E-state index in [-0.39, 0.29) is 0 Å². The molecule has 108 valence electrons. The molecule has 18 heavy (non-hydrogen) atoms. The molecular formula is C12H26N2O3S. The summed E-state index contributed by atoms with van der Waals surface area (Å²) >= 11 is 0. The van der Waals surface area contributed by atoms with Gasteiger partial charge in [-0.15, -0.1) is 0 Å². The molecule has 5 nitrogen and oxygen atoms in total. The topological polar surface area (TPSA) is 58.6 Å². The van der Waals surface area contributed by atoms with Crippen molar-refractivity contribution < 1.29 is 13.2 Å². The summed E-state index contributed by atoms with van der Waals surface area (Å²) in [5.41, 5.74) is 0. The lowest BCUT2D eigenvalue weighted by atomic mass is 10.0. The molecule has 1 aliphatic rings. The van der Waals surface area contributed by atoms with Crippen LogP contribution >= 0.6 is 0 Å². The van der Waals surface area contributed by atoms with Crippen molar-refractivity contribution >= 4 is 10.0 Å². The van der Waals surface area contributed by atoms with Crippen LogP contribution in [0.1, 0.15) is 26.7 Å². The van der Waals surface area contributed by atoms with E-state index in [1.165, 1.54) is 6.26 Å². The average molecular weight is 278 g/mol. The van der Waals surface area contributed by atoms with E-state index >= 15 is 0 Å². The second-order valence-corrected chi connectivity index (χ2v) is 7.39. The normalized spacial score (nSPS) is 21.4. The maximum atomic E-state index is 11.4. The molecule has 0 saturated carbocycles. The lowest BCUT2D eigenvalue weighted by molar-refractivity contribution is 0.132. The van der Waals surface area contributed by atoms with Gasteiger partial charge in [-0.2, -0.15) is 0 Å². The summed E-state index contributed by atoms with van der Waals surface area (Å²) in [5, 5.41) is 3.58. The average Bonchev–Trinajstić information content (AvgIpc) is 2.28. The van der Waals surface area contributed by atoms with Gasteiger partial charge in [-0.25, -0.2) is 12.7 Å². The third kappa shape index (κ3) is 4.84. The number of piperidine rings is 1. The Labute approximate surface area is 111 Å². The Hall–Kier alpha value is -0.170. The summed E-state index contributed by atoms with van der Waals surface area (Å²) in [6.07, 6.45) is 3.03. The maximum absolute atomic E-state index is 11.4. The minimum absolute atomic E-state index is 0.338. The van der Waals surface area contributed by atoms with Gasteiger partial charge in [0.15, 0.2) is 0 Å². The van der Waals surface area contributed by atoms with Crippen LogP contribution in [-0.4, -0.2) is 57.9 Å². The van der Waals surface area contributed by atoms with Crippen molar-refractivity contribution in [1.82, 2.24) is 9.62 Å². The fourth-order valence-corrected chi connectivity index (χ4v) is 3.14. The van der Waals surface area contributed by atoms with Crippen LogP contribution in [-0.2, 0) is 14.8 Å². The van der Waals surface area contributed by atoms with Crippen molar-refractivity contribution in [3.05, 3.63) is 0 Å². The lowest BCUT2D eigenvalue weighted by Gasteiger charge is -2.34. The fourth-order valence-electron chi connectivity index (χ4n) is 2.27. The molecule has 1 N–H and O–H groups in total. The second kappa shape index (κ2) is 6.84. The van der Waals surface area contributed by atoms with Gasteiger partial charge in [0.25, 0.3) is 0 Å². The van der Waals surface area contributed by atoms with Crippen LogP contribution in [0.3, 0.4) is 0 Å². The summed E-state index contributed by atoms with van der Waals surface area (Å²) in [5.74, 6) is 0.512. The van der Waals surface area contributed by atoms with E-state index in [4.69, 9.17) is 4.74 Å². The fraction of sp³-hybridized carbons (Fsp3) is 1.00. The molecule has 0 aromatic heterocycles. The van der Waals surface area contributed by atoms with Gasteiger partial charge in [-0.3, -0.25) is 0 Å². The maximum Gasteiger partial charge on any atom is 0.211 e. The van der Waals surface area contributed by atoms with Crippen LogP contribution in [0.2, 0.25) is 0 Å². The van der Waals surface area contributed by atoms with Crippen LogP contribution < -0.4 is 5.32 Å². The van der Waals surface area contributed by atoms with Crippen molar-refractivity contribution in [2.45, 2.75) is 38.8 Å². The van der Waals surface area contributed by atoms with E-state index < -0.39 is 10.0 Å². The molecule has 0 radical (unpaired) electrons. The number of hydrogen-bond donors (Lipinski definition) is 1. The van der Waals surface area contributed by atoms with E-state index in [0.717, 1.165) is 12.8 Å². The molecule has 0 aliphatic carbocycles. The summed E-state index contributed by atoms with van der Waals surface area (Å²) in [6.45, 7) is 6.27. The second-order valence-electron chi connectivity index (χ2n) is 5.41. The van der Waals surface area contributed by atoms with Crippen LogP contribution in [0.25, 0.3) is 0 Å². The molecule has 1 saturated heterocycles. The molecule has 0 aromatic rings. The van der Waals surface area contributed by atoms with Gasteiger partial charge in [0.1, 0.15) is 0 Å². The first-order chi connectivity index (χ1) is 8.34. The van der Waals surface area contributed by atoms with Gasteiger partial charge in [0.05, 0.1) is 12.9 Å². The molecule has 0 bridgehead atoms. The number of sulfonamides is 1. The zero-order chi connectivity index (χ0) is 13.8. The number of rotatable bonds is 6. The van der Waals surface area contributed by atoms with Crippen LogP contribution in [0, 0.1) is 5.92 Å². The van der Waals surface area contributed by atoms with Crippen molar-refractivity contribution in [2.75, 3.05) is 33.1 Å². The Kier molecular flexibility index (Phi) is 6.04. The highest BCUT2D eigenvalue weighted by Crippen LogP contribution is 2.15. The van der Waals surface area contributed by atoms with Crippen molar-refractivity contribution in [3.8, 4) is 0 Å². The van der Waals surface area contributed by atoms with Crippen molar-refractivity contribution in [2.24, 2.45) is 5.92 Å². The smallest absolute Gasteiger partial charge is 0.211 e. The Bertz CT molecular complexity index is 335. The molecule has 6 heteroatoms. The van der Waals surface area contributed by atoms with E-state index in [2.05, 4.69) is 19.2 Å². The van der Waals surface area contributed by atoms with Crippen LogP contribution in [0.5, 0.6) is 0 Å². The summed E-state index contributed by atoms with van der Waals surface area (Å²) < 4.78 is 29.6.